The fourth-order valence-corrected chi connectivity index (χ4v) is 3.24. The van der Waals surface area contributed by atoms with E-state index in [4.69, 9.17) is 5.73 Å². The van der Waals surface area contributed by atoms with Gasteiger partial charge in [-0.2, -0.15) is 0 Å². The molecule has 23 heavy (non-hydrogen) atoms. The maximum Gasteiger partial charge on any atom is 0.239 e. The molecule has 2 N–H and O–H groups in total. The third-order valence-corrected chi connectivity index (χ3v) is 4.82. The number of hydrogen-bond acceptors (Lipinski definition) is 3. The SMILES string of the molecule is CC(C)[C@H](N)C(=O)N1CC[C@@H](N(Cc2ccccc2)C(C)C)C1. The third kappa shape index (κ3) is 4.55. The Morgan fingerprint density at radius 3 is 2.48 bits per heavy atom. The summed E-state index contributed by atoms with van der Waals surface area (Å²) >= 11 is 0. The van der Waals surface area contributed by atoms with Crippen molar-refractivity contribution < 1.29 is 4.79 Å². The molecule has 0 radical (unpaired) electrons. The molecule has 2 atom stereocenters. The van der Waals surface area contributed by atoms with Gasteiger partial charge < -0.3 is 10.6 Å². The molecule has 1 aliphatic heterocycles. The monoisotopic (exact) mass is 317 g/mol. The van der Waals surface area contributed by atoms with Gasteiger partial charge >= 0.3 is 0 Å². The summed E-state index contributed by atoms with van der Waals surface area (Å²) in [5, 5.41) is 0. The van der Waals surface area contributed by atoms with Gasteiger partial charge in [-0.15, -0.1) is 0 Å². The van der Waals surface area contributed by atoms with Crippen molar-refractivity contribution in [1.82, 2.24) is 9.80 Å². The molecule has 0 spiro atoms. The average molecular weight is 317 g/mol. The smallest absolute Gasteiger partial charge is 0.239 e. The zero-order chi connectivity index (χ0) is 17.0. The van der Waals surface area contributed by atoms with Gasteiger partial charge in [-0.05, 0) is 31.7 Å². The van der Waals surface area contributed by atoms with Gasteiger partial charge in [0.1, 0.15) is 0 Å². The molecule has 1 fully saturated rings. The van der Waals surface area contributed by atoms with Crippen LogP contribution in [0.4, 0.5) is 0 Å². The largest absolute Gasteiger partial charge is 0.340 e. The number of carbonyl (C=O) groups excluding carboxylic acids is 1. The zero-order valence-electron chi connectivity index (χ0n) is 14.9. The summed E-state index contributed by atoms with van der Waals surface area (Å²) in [5.41, 5.74) is 7.36. The van der Waals surface area contributed by atoms with E-state index in [1.54, 1.807) is 0 Å². The molecule has 1 aliphatic rings. The minimum absolute atomic E-state index is 0.103. The van der Waals surface area contributed by atoms with Crippen molar-refractivity contribution in [3.05, 3.63) is 35.9 Å². The van der Waals surface area contributed by atoms with E-state index in [1.165, 1.54) is 5.56 Å². The molecule has 1 aromatic carbocycles. The van der Waals surface area contributed by atoms with Gasteiger partial charge in [0.25, 0.3) is 0 Å². The summed E-state index contributed by atoms with van der Waals surface area (Å²) in [7, 11) is 0. The van der Waals surface area contributed by atoms with E-state index >= 15 is 0 Å². The first kappa shape index (κ1) is 18.0. The molecular formula is C19H31N3O. The highest BCUT2D eigenvalue weighted by Gasteiger charge is 2.34. The Morgan fingerprint density at radius 2 is 1.91 bits per heavy atom. The van der Waals surface area contributed by atoms with Crippen LogP contribution in [0.2, 0.25) is 0 Å². The van der Waals surface area contributed by atoms with Crippen molar-refractivity contribution in [1.29, 1.82) is 0 Å². The van der Waals surface area contributed by atoms with Gasteiger partial charge in [-0.1, -0.05) is 44.2 Å². The number of nitrogens with two attached hydrogens (primary N) is 1. The summed E-state index contributed by atoms with van der Waals surface area (Å²) in [6, 6.07) is 11.0. The maximum atomic E-state index is 12.5. The highest BCUT2D eigenvalue weighted by molar-refractivity contribution is 5.82. The predicted molar refractivity (Wildman–Crippen MR) is 94.9 cm³/mol. The summed E-state index contributed by atoms with van der Waals surface area (Å²) in [6.07, 6.45) is 1.03. The van der Waals surface area contributed by atoms with Crippen LogP contribution < -0.4 is 5.73 Å². The van der Waals surface area contributed by atoms with Gasteiger partial charge in [-0.25, -0.2) is 0 Å². The Morgan fingerprint density at radius 1 is 1.26 bits per heavy atom. The van der Waals surface area contributed by atoms with Crippen LogP contribution in [0, 0.1) is 5.92 Å². The van der Waals surface area contributed by atoms with Crippen molar-refractivity contribution in [3.8, 4) is 0 Å². The van der Waals surface area contributed by atoms with Crippen molar-refractivity contribution >= 4 is 5.91 Å². The van der Waals surface area contributed by atoms with E-state index in [2.05, 4.69) is 43.0 Å². The molecule has 128 valence electrons. The Kier molecular flexibility index (Phi) is 6.19. The van der Waals surface area contributed by atoms with Crippen LogP contribution in [0.15, 0.2) is 30.3 Å². The topological polar surface area (TPSA) is 49.6 Å². The first-order valence-corrected chi connectivity index (χ1v) is 8.74. The van der Waals surface area contributed by atoms with Gasteiger partial charge in [0, 0.05) is 31.7 Å². The molecule has 0 bridgehead atoms. The first-order valence-electron chi connectivity index (χ1n) is 8.74. The number of benzene rings is 1. The quantitative estimate of drug-likeness (QED) is 0.877. The van der Waals surface area contributed by atoms with Crippen LogP contribution in [-0.4, -0.2) is 46.9 Å². The van der Waals surface area contributed by atoms with Gasteiger partial charge in [0.05, 0.1) is 6.04 Å². The Balaban J connectivity index is 2.01. The van der Waals surface area contributed by atoms with Crippen molar-refractivity contribution in [2.45, 2.75) is 58.8 Å². The van der Waals surface area contributed by atoms with Crippen LogP contribution in [0.1, 0.15) is 39.7 Å². The van der Waals surface area contributed by atoms with E-state index in [-0.39, 0.29) is 17.9 Å². The van der Waals surface area contributed by atoms with Gasteiger partial charge in [-0.3, -0.25) is 9.69 Å². The Labute approximate surface area is 140 Å². The summed E-state index contributed by atoms with van der Waals surface area (Å²) < 4.78 is 0. The second-order valence-corrected chi connectivity index (χ2v) is 7.25. The number of rotatable bonds is 6. The average Bonchev–Trinajstić information content (AvgIpc) is 3.01. The summed E-state index contributed by atoms with van der Waals surface area (Å²) in [5.74, 6) is 0.290. The molecule has 2 rings (SSSR count). The fraction of sp³-hybridized carbons (Fsp3) is 0.632. The predicted octanol–water partition coefficient (Wildman–Crippen LogP) is 2.48. The van der Waals surface area contributed by atoms with E-state index in [0.29, 0.717) is 12.1 Å². The first-order chi connectivity index (χ1) is 10.9. The minimum atomic E-state index is -0.379. The lowest BCUT2D eigenvalue weighted by Gasteiger charge is -2.33. The van der Waals surface area contributed by atoms with Crippen LogP contribution in [0.3, 0.4) is 0 Å². The molecule has 1 amide bonds. The lowest BCUT2D eigenvalue weighted by molar-refractivity contribution is -0.132. The van der Waals surface area contributed by atoms with Crippen LogP contribution in [-0.2, 0) is 11.3 Å². The second kappa shape index (κ2) is 7.93. The Bertz CT molecular complexity index is 501. The minimum Gasteiger partial charge on any atom is -0.340 e. The fourth-order valence-electron chi connectivity index (χ4n) is 3.24. The van der Waals surface area contributed by atoms with E-state index in [1.807, 2.05) is 24.8 Å². The number of amides is 1. The van der Waals surface area contributed by atoms with Crippen LogP contribution >= 0.6 is 0 Å². The zero-order valence-corrected chi connectivity index (χ0v) is 14.9. The standard InChI is InChI=1S/C19H31N3O/c1-14(2)18(20)19(23)21-11-10-17(13-21)22(15(3)4)12-16-8-6-5-7-9-16/h5-9,14-15,17-18H,10-13,20H2,1-4H3/t17-,18+/m1/s1. The number of hydrogen-bond donors (Lipinski definition) is 1. The molecule has 0 aliphatic carbocycles. The maximum absolute atomic E-state index is 12.5. The molecule has 1 heterocycles. The summed E-state index contributed by atoms with van der Waals surface area (Å²) in [4.78, 5) is 16.9. The number of likely N-dealkylation sites (tertiary alicyclic amines) is 1. The molecule has 1 aromatic rings. The van der Waals surface area contributed by atoms with E-state index in [9.17, 15) is 4.79 Å². The Hall–Kier alpha value is -1.39. The van der Waals surface area contributed by atoms with E-state index in [0.717, 1.165) is 26.1 Å². The lowest BCUT2D eigenvalue weighted by atomic mass is 10.0. The third-order valence-electron chi connectivity index (χ3n) is 4.82. The van der Waals surface area contributed by atoms with E-state index < -0.39 is 0 Å². The van der Waals surface area contributed by atoms with Gasteiger partial charge in [0.2, 0.25) is 5.91 Å². The van der Waals surface area contributed by atoms with Crippen molar-refractivity contribution in [2.75, 3.05) is 13.1 Å². The molecular weight excluding hydrogens is 286 g/mol. The number of nitrogens with zero attached hydrogens (tertiary/aromatic N) is 2. The van der Waals surface area contributed by atoms with Crippen LogP contribution in [0.5, 0.6) is 0 Å². The molecule has 0 unspecified atom stereocenters. The lowest BCUT2D eigenvalue weighted by Crippen LogP contribution is -2.47. The van der Waals surface area contributed by atoms with Gasteiger partial charge in [0.15, 0.2) is 0 Å². The van der Waals surface area contributed by atoms with Crippen LogP contribution in [0.25, 0.3) is 0 Å². The summed E-state index contributed by atoms with van der Waals surface area (Å²) in [6.45, 7) is 11.0. The molecule has 0 aromatic heterocycles. The second-order valence-electron chi connectivity index (χ2n) is 7.25. The van der Waals surface area contributed by atoms with Crippen molar-refractivity contribution in [3.63, 3.8) is 0 Å². The normalized spacial score (nSPS) is 19.8. The highest BCUT2D eigenvalue weighted by atomic mass is 16.2. The molecule has 1 saturated heterocycles. The number of carbonyl (C=O) groups is 1. The molecule has 4 nitrogen and oxygen atoms in total. The highest BCUT2D eigenvalue weighted by Crippen LogP contribution is 2.21. The van der Waals surface area contributed by atoms with Crippen molar-refractivity contribution in [2.24, 2.45) is 11.7 Å². The molecule has 4 heteroatoms. The molecule has 0 saturated carbocycles.